The Morgan fingerprint density at radius 1 is 0.725 bits per heavy atom. The Bertz CT molecular complexity index is 1170. The van der Waals surface area contributed by atoms with Gasteiger partial charge in [0.2, 0.25) is 17.7 Å². The number of phenols is 1. The molecule has 0 spiro atoms. The van der Waals surface area contributed by atoms with Crippen molar-refractivity contribution in [1.29, 1.82) is 0 Å². The van der Waals surface area contributed by atoms with E-state index in [0.29, 0.717) is 11.1 Å². The number of amides is 3. The molecule has 2 rings (SSSR count). The van der Waals surface area contributed by atoms with Crippen molar-refractivity contribution in [3.8, 4) is 5.75 Å². The number of aromatic hydroxyl groups is 1. The van der Waals surface area contributed by atoms with Crippen LogP contribution in [0.3, 0.4) is 0 Å². The van der Waals surface area contributed by atoms with E-state index < -0.39 is 60.2 Å². The van der Waals surface area contributed by atoms with Gasteiger partial charge in [0.1, 0.15) is 23.9 Å². The Labute approximate surface area is 232 Å². The second-order valence-electron chi connectivity index (χ2n) is 9.92. The van der Waals surface area contributed by atoms with E-state index in [9.17, 15) is 34.2 Å². The highest BCUT2D eigenvalue weighted by molar-refractivity contribution is 5.95. The van der Waals surface area contributed by atoms with Gasteiger partial charge in [-0.1, -0.05) is 56.3 Å². The Kier molecular flexibility index (Phi) is 12.1. The summed E-state index contributed by atoms with van der Waals surface area (Å²) < 4.78 is 0. The molecule has 0 aromatic heterocycles. The summed E-state index contributed by atoms with van der Waals surface area (Å²) in [6, 6.07) is 9.58. The number of carboxylic acids is 2. The zero-order valence-corrected chi connectivity index (χ0v) is 22.4. The van der Waals surface area contributed by atoms with Crippen molar-refractivity contribution in [1.82, 2.24) is 16.0 Å². The van der Waals surface area contributed by atoms with Crippen LogP contribution in [0.2, 0.25) is 0 Å². The molecule has 0 radical (unpaired) electrons. The van der Waals surface area contributed by atoms with Gasteiger partial charge in [-0.05, 0) is 35.6 Å². The van der Waals surface area contributed by atoms with Crippen LogP contribution >= 0.6 is 0 Å². The van der Waals surface area contributed by atoms with Crippen LogP contribution < -0.4 is 21.7 Å². The lowest BCUT2D eigenvalue weighted by Gasteiger charge is -2.26. The van der Waals surface area contributed by atoms with Crippen LogP contribution in [0, 0.1) is 5.92 Å². The van der Waals surface area contributed by atoms with E-state index >= 15 is 0 Å². The smallest absolute Gasteiger partial charge is 0.326 e. The van der Waals surface area contributed by atoms with Crippen molar-refractivity contribution >= 4 is 29.7 Å². The lowest BCUT2D eigenvalue weighted by Crippen LogP contribution is -2.58. The minimum Gasteiger partial charge on any atom is -0.508 e. The predicted molar refractivity (Wildman–Crippen MR) is 145 cm³/mol. The van der Waals surface area contributed by atoms with Crippen molar-refractivity contribution in [2.45, 2.75) is 63.7 Å². The van der Waals surface area contributed by atoms with Crippen LogP contribution in [0.1, 0.15) is 37.8 Å². The van der Waals surface area contributed by atoms with E-state index in [1.54, 1.807) is 30.3 Å². The van der Waals surface area contributed by atoms with E-state index in [-0.39, 0.29) is 30.9 Å². The molecule has 0 aliphatic rings. The van der Waals surface area contributed by atoms with Crippen LogP contribution in [-0.2, 0) is 36.8 Å². The van der Waals surface area contributed by atoms with Gasteiger partial charge in [-0.15, -0.1) is 0 Å². The Balaban J connectivity index is 2.32. The number of hydrogen-bond donors (Lipinski definition) is 7. The first kappa shape index (κ1) is 31.8. The fourth-order valence-electron chi connectivity index (χ4n) is 3.93. The third-order valence-electron chi connectivity index (χ3n) is 5.98. The summed E-state index contributed by atoms with van der Waals surface area (Å²) in [6.07, 6.45) is -0.522. The van der Waals surface area contributed by atoms with E-state index in [2.05, 4.69) is 16.0 Å². The average Bonchev–Trinajstić information content (AvgIpc) is 2.88. The molecule has 0 bridgehead atoms. The minimum atomic E-state index is -1.43. The highest BCUT2D eigenvalue weighted by Crippen LogP contribution is 2.13. The molecule has 0 aliphatic heterocycles. The van der Waals surface area contributed by atoms with Crippen molar-refractivity contribution in [3.63, 3.8) is 0 Å². The molecule has 0 saturated carbocycles. The Morgan fingerprint density at radius 3 is 1.68 bits per heavy atom. The van der Waals surface area contributed by atoms with E-state index in [0.717, 1.165) is 0 Å². The average molecular weight is 557 g/mol. The molecular weight excluding hydrogens is 520 g/mol. The number of rotatable bonds is 15. The monoisotopic (exact) mass is 556 g/mol. The highest BCUT2D eigenvalue weighted by Gasteiger charge is 2.31. The predicted octanol–water partition coefficient (Wildman–Crippen LogP) is 0.565. The molecule has 40 heavy (non-hydrogen) atoms. The maximum absolute atomic E-state index is 13.5. The second-order valence-corrected chi connectivity index (χ2v) is 9.92. The molecule has 0 aliphatic carbocycles. The van der Waals surface area contributed by atoms with E-state index in [1.165, 1.54) is 24.3 Å². The van der Waals surface area contributed by atoms with Crippen molar-refractivity contribution < 1.29 is 39.3 Å². The highest BCUT2D eigenvalue weighted by atomic mass is 16.4. The SMILES string of the molecule is CC(C)CC(NC(=O)C(Cc1ccccc1)NC(=O)C(Cc1ccc(O)cc1)NC(=O)C(N)CC(=O)O)C(=O)O. The number of nitrogens with one attached hydrogen (secondary N) is 3. The molecule has 4 unspecified atom stereocenters. The summed E-state index contributed by atoms with van der Waals surface area (Å²) in [7, 11) is 0. The molecule has 12 nitrogen and oxygen atoms in total. The van der Waals surface area contributed by atoms with Crippen LogP contribution in [0.4, 0.5) is 0 Å². The number of hydrogen-bond acceptors (Lipinski definition) is 7. The van der Waals surface area contributed by atoms with Crippen molar-refractivity contribution in [2.75, 3.05) is 0 Å². The molecule has 8 N–H and O–H groups in total. The van der Waals surface area contributed by atoms with Crippen LogP contribution in [0.15, 0.2) is 54.6 Å². The normalized spacial score (nSPS) is 13.9. The number of phenolic OH excluding ortho intramolecular Hbond substituents is 1. The maximum atomic E-state index is 13.5. The number of carbonyl (C=O) groups excluding carboxylic acids is 3. The van der Waals surface area contributed by atoms with Gasteiger partial charge < -0.3 is 37.0 Å². The summed E-state index contributed by atoms with van der Waals surface area (Å²) in [4.78, 5) is 62.1. The summed E-state index contributed by atoms with van der Waals surface area (Å²) >= 11 is 0. The van der Waals surface area contributed by atoms with Crippen LogP contribution in [0.5, 0.6) is 5.75 Å². The first-order chi connectivity index (χ1) is 18.8. The molecular formula is C28H36N4O8. The quantitative estimate of drug-likeness (QED) is 0.163. The second kappa shape index (κ2) is 15.2. The van der Waals surface area contributed by atoms with Crippen LogP contribution in [-0.4, -0.2) is 69.1 Å². The number of benzene rings is 2. The number of nitrogens with two attached hydrogens (primary N) is 1. The summed E-state index contributed by atoms with van der Waals surface area (Å²) in [6.45, 7) is 3.63. The third-order valence-corrected chi connectivity index (χ3v) is 5.98. The molecule has 3 amide bonds. The van der Waals surface area contributed by atoms with Crippen molar-refractivity contribution in [2.24, 2.45) is 11.7 Å². The standard InChI is InChI=1S/C28H36N4O8/c1-16(2)12-23(28(39)40)32-27(38)22(13-17-6-4-3-5-7-17)31-26(37)21(14-18-8-10-19(33)11-9-18)30-25(36)20(29)15-24(34)35/h3-11,16,20-23,33H,12-15,29H2,1-2H3,(H,30,36)(H,31,37)(H,32,38)(H,34,35)(H,39,40). The third kappa shape index (κ3) is 10.7. The molecule has 0 fully saturated rings. The van der Waals surface area contributed by atoms with Gasteiger partial charge >= 0.3 is 11.9 Å². The Morgan fingerprint density at radius 2 is 1.20 bits per heavy atom. The van der Waals surface area contributed by atoms with Gasteiger partial charge in [0.25, 0.3) is 0 Å². The topological polar surface area (TPSA) is 208 Å². The van der Waals surface area contributed by atoms with Gasteiger partial charge in [-0.25, -0.2) is 4.79 Å². The maximum Gasteiger partial charge on any atom is 0.326 e. The fourth-order valence-corrected chi connectivity index (χ4v) is 3.93. The molecule has 0 heterocycles. The zero-order chi connectivity index (χ0) is 29.8. The van der Waals surface area contributed by atoms with E-state index in [4.69, 9.17) is 10.8 Å². The molecule has 2 aromatic rings. The molecule has 2 aromatic carbocycles. The minimum absolute atomic E-state index is 0.00811. The van der Waals surface area contributed by atoms with Crippen molar-refractivity contribution in [3.05, 3.63) is 65.7 Å². The largest absolute Gasteiger partial charge is 0.508 e. The van der Waals surface area contributed by atoms with Crippen LogP contribution in [0.25, 0.3) is 0 Å². The first-order valence-corrected chi connectivity index (χ1v) is 12.8. The molecule has 12 heteroatoms. The van der Waals surface area contributed by atoms with E-state index in [1.807, 2.05) is 13.8 Å². The molecule has 4 atom stereocenters. The summed E-state index contributed by atoms with van der Waals surface area (Å²) in [5, 5.41) is 35.7. The molecule has 0 saturated heterocycles. The number of carboxylic acid groups (broad SMARTS) is 2. The van der Waals surface area contributed by atoms with Gasteiger partial charge in [0.15, 0.2) is 0 Å². The zero-order valence-electron chi connectivity index (χ0n) is 22.4. The molecule has 216 valence electrons. The number of aliphatic carboxylic acids is 2. The van der Waals surface area contributed by atoms with Gasteiger partial charge in [-0.3, -0.25) is 19.2 Å². The van der Waals surface area contributed by atoms with Gasteiger partial charge in [-0.2, -0.15) is 0 Å². The fraction of sp³-hybridized carbons (Fsp3) is 0.393. The number of carbonyl (C=O) groups is 5. The summed E-state index contributed by atoms with van der Waals surface area (Å²) in [5.41, 5.74) is 6.93. The van der Waals surface area contributed by atoms with Gasteiger partial charge in [0, 0.05) is 12.8 Å². The Hall–Kier alpha value is -4.45. The lowest BCUT2D eigenvalue weighted by atomic mass is 10.0. The lowest BCUT2D eigenvalue weighted by molar-refractivity contribution is -0.142. The first-order valence-electron chi connectivity index (χ1n) is 12.8. The summed E-state index contributed by atoms with van der Waals surface area (Å²) in [5.74, 6) is -4.91. The van der Waals surface area contributed by atoms with Gasteiger partial charge in [0.05, 0.1) is 12.5 Å².